The molecular formula is C28H24N8O4. The van der Waals surface area contributed by atoms with Crippen molar-refractivity contribution in [1.82, 2.24) is 34.4 Å². The summed E-state index contributed by atoms with van der Waals surface area (Å²) in [6.45, 7) is 6.33. The number of aryl methyl sites for hydroxylation is 1. The number of carboxylic acid groups (broad SMARTS) is 1. The van der Waals surface area contributed by atoms with E-state index in [-0.39, 0.29) is 12.4 Å². The standard InChI is InChI=1S/C27H22N8O2.CH2O2/c1-3-25(36)34-10-8-18(14-34)21-5-6-22-26(33-21)27(30-15-28-22)32-19-4-7-23(17(2)12-19)37-20-9-11-35-24(13-20)29-16-31-35;2-1-3/h3-9,11-13,15-16H,1,10,14H2,2H3,(H,28,30,32);1H,(H,2,3). The van der Waals surface area contributed by atoms with Crippen molar-refractivity contribution >= 4 is 46.1 Å². The highest BCUT2D eigenvalue weighted by Crippen LogP contribution is 2.30. The molecule has 1 aliphatic rings. The fraction of sp³-hybridized carbons (Fsp3) is 0.107. The molecule has 5 aromatic rings. The zero-order chi connectivity index (χ0) is 28.1. The van der Waals surface area contributed by atoms with Gasteiger partial charge in [-0.25, -0.2) is 24.5 Å². The van der Waals surface area contributed by atoms with Crippen LogP contribution in [0.3, 0.4) is 0 Å². The van der Waals surface area contributed by atoms with Crippen LogP contribution in [-0.4, -0.2) is 65.0 Å². The van der Waals surface area contributed by atoms with Crippen molar-refractivity contribution in [2.45, 2.75) is 6.92 Å². The van der Waals surface area contributed by atoms with Gasteiger partial charge in [-0.15, -0.1) is 0 Å². The lowest BCUT2D eigenvalue weighted by atomic mass is 10.1. The van der Waals surface area contributed by atoms with Crippen molar-refractivity contribution in [3.8, 4) is 11.5 Å². The van der Waals surface area contributed by atoms with Gasteiger partial charge >= 0.3 is 0 Å². The van der Waals surface area contributed by atoms with Crippen LogP contribution in [0.15, 0.2) is 80.0 Å². The first-order chi connectivity index (χ1) is 19.5. The minimum Gasteiger partial charge on any atom is -0.483 e. The molecule has 0 fully saturated rings. The minimum atomic E-state index is -0.250. The normalized spacial score (nSPS) is 12.4. The second-order valence-corrected chi connectivity index (χ2v) is 8.68. The van der Waals surface area contributed by atoms with Crippen LogP contribution in [0, 0.1) is 6.92 Å². The molecule has 4 aromatic heterocycles. The molecule has 12 heteroatoms. The van der Waals surface area contributed by atoms with Crippen molar-refractivity contribution in [3.63, 3.8) is 0 Å². The topological polar surface area (TPSA) is 148 Å². The number of rotatable bonds is 6. The molecular weight excluding hydrogens is 512 g/mol. The molecule has 0 saturated heterocycles. The number of nitrogens with zero attached hydrogens (tertiary/aromatic N) is 7. The third kappa shape index (κ3) is 5.45. The largest absolute Gasteiger partial charge is 0.483 e. The van der Waals surface area contributed by atoms with Crippen molar-refractivity contribution in [2.24, 2.45) is 0 Å². The molecule has 5 heterocycles. The number of benzene rings is 1. The third-order valence-corrected chi connectivity index (χ3v) is 6.13. The molecule has 0 unspecified atom stereocenters. The van der Waals surface area contributed by atoms with E-state index in [2.05, 4.69) is 31.9 Å². The van der Waals surface area contributed by atoms with Crippen molar-refractivity contribution < 1.29 is 19.4 Å². The number of anilines is 2. The van der Waals surface area contributed by atoms with Crippen LogP contribution in [0.1, 0.15) is 11.3 Å². The number of carbonyl (C=O) groups excluding carboxylic acids is 1. The first-order valence-corrected chi connectivity index (χ1v) is 12.1. The number of aromatic nitrogens is 6. The van der Waals surface area contributed by atoms with Crippen LogP contribution in [0.2, 0.25) is 0 Å². The molecule has 12 nitrogen and oxygen atoms in total. The zero-order valence-corrected chi connectivity index (χ0v) is 21.4. The highest BCUT2D eigenvalue weighted by Gasteiger charge is 2.20. The van der Waals surface area contributed by atoms with E-state index in [1.54, 1.807) is 15.6 Å². The van der Waals surface area contributed by atoms with Gasteiger partial charge in [0.1, 0.15) is 29.7 Å². The summed E-state index contributed by atoms with van der Waals surface area (Å²) in [5.41, 5.74) is 5.63. The molecule has 6 rings (SSSR count). The highest BCUT2D eigenvalue weighted by atomic mass is 16.5. The molecule has 0 spiro atoms. The quantitative estimate of drug-likeness (QED) is 0.241. The van der Waals surface area contributed by atoms with Crippen molar-refractivity contribution in [3.05, 3.63) is 91.3 Å². The van der Waals surface area contributed by atoms with Crippen molar-refractivity contribution in [1.29, 1.82) is 0 Å². The Hall–Kier alpha value is -5.65. The van der Waals surface area contributed by atoms with E-state index in [9.17, 15) is 4.79 Å². The molecule has 1 amide bonds. The van der Waals surface area contributed by atoms with Crippen LogP contribution in [0.25, 0.3) is 22.3 Å². The first kappa shape index (κ1) is 26.0. The zero-order valence-electron chi connectivity index (χ0n) is 21.4. The molecule has 0 atom stereocenters. The van der Waals surface area contributed by atoms with E-state index in [4.69, 9.17) is 19.6 Å². The lowest BCUT2D eigenvalue weighted by molar-refractivity contribution is -0.125. The summed E-state index contributed by atoms with van der Waals surface area (Å²) < 4.78 is 7.76. The molecule has 0 saturated carbocycles. The molecule has 0 aliphatic carbocycles. The Labute approximate surface area is 228 Å². The maximum atomic E-state index is 12.0. The van der Waals surface area contributed by atoms with E-state index < -0.39 is 0 Å². The molecule has 1 aromatic carbocycles. The number of carbonyl (C=O) groups is 2. The van der Waals surface area contributed by atoms with Gasteiger partial charge in [0.15, 0.2) is 11.5 Å². The number of hydrogen-bond donors (Lipinski definition) is 2. The minimum absolute atomic E-state index is 0.0976. The van der Waals surface area contributed by atoms with Gasteiger partial charge in [0, 0.05) is 31.0 Å². The highest BCUT2D eigenvalue weighted by molar-refractivity contribution is 5.91. The summed E-state index contributed by atoms with van der Waals surface area (Å²) in [6.07, 6.45) is 8.16. The summed E-state index contributed by atoms with van der Waals surface area (Å²) in [5, 5.41) is 14.4. The maximum Gasteiger partial charge on any atom is 0.290 e. The fourth-order valence-electron chi connectivity index (χ4n) is 4.21. The van der Waals surface area contributed by atoms with Gasteiger partial charge in [0.2, 0.25) is 5.91 Å². The summed E-state index contributed by atoms with van der Waals surface area (Å²) >= 11 is 0. The van der Waals surface area contributed by atoms with Gasteiger partial charge in [-0.05, 0) is 60.5 Å². The van der Waals surface area contributed by atoms with Crippen molar-refractivity contribution in [2.75, 3.05) is 18.4 Å². The van der Waals surface area contributed by atoms with Crippen LogP contribution in [0.5, 0.6) is 11.5 Å². The predicted molar refractivity (Wildman–Crippen MR) is 148 cm³/mol. The number of pyridine rings is 2. The Bertz CT molecular complexity index is 1760. The Morgan fingerprint density at radius 1 is 1.12 bits per heavy atom. The lowest BCUT2D eigenvalue weighted by Crippen LogP contribution is -2.26. The molecule has 0 radical (unpaired) electrons. The second-order valence-electron chi connectivity index (χ2n) is 8.68. The summed E-state index contributed by atoms with van der Waals surface area (Å²) in [6, 6.07) is 13.3. The molecule has 200 valence electrons. The first-order valence-electron chi connectivity index (χ1n) is 12.1. The van der Waals surface area contributed by atoms with Crippen LogP contribution in [-0.2, 0) is 9.59 Å². The van der Waals surface area contributed by atoms with E-state index in [1.807, 2.05) is 55.5 Å². The fourth-order valence-corrected chi connectivity index (χ4v) is 4.21. The van der Waals surface area contributed by atoms with Gasteiger partial charge in [-0.2, -0.15) is 5.10 Å². The smallest absolute Gasteiger partial charge is 0.290 e. The summed E-state index contributed by atoms with van der Waals surface area (Å²) in [7, 11) is 0. The molecule has 1 aliphatic heterocycles. The Morgan fingerprint density at radius 3 is 2.77 bits per heavy atom. The lowest BCUT2D eigenvalue weighted by Gasteiger charge is -2.14. The number of fused-ring (bicyclic) bond motifs is 2. The van der Waals surface area contributed by atoms with Crippen LogP contribution >= 0.6 is 0 Å². The molecule has 40 heavy (non-hydrogen) atoms. The third-order valence-electron chi connectivity index (χ3n) is 6.13. The number of amides is 1. The van der Waals surface area contributed by atoms with E-state index in [0.717, 1.165) is 33.8 Å². The van der Waals surface area contributed by atoms with E-state index >= 15 is 0 Å². The number of ether oxygens (including phenoxy) is 1. The monoisotopic (exact) mass is 536 g/mol. The summed E-state index contributed by atoms with van der Waals surface area (Å²) in [5.74, 6) is 1.90. The summed E-state index contributed by atoms with van der Waals surface area (Å²) in [4.78, 5) is 39.9. The molecule has 0 bridgehead atoms. The number of hydrogen-bond acceptors (Lipinski definition) is 9. The van der Waals surface area contributed by atoms with Crippen LogP contribution < -0.4 is 10.1 Å². The van der Waals surface area contributed by atoms with E-state index in [0.29, 0.717) is 35.8 Å². The van der Waals surface area contributed by atoms with E-state index in [1.165, 1.54) is 18.7 Å². The maximum absolute atomic E-state index is 12.0. The van der Waals surface area contributed by atoms with Gasteiger partial charge in [-0.1, -0.05) is 12.7 Å². The average Bonchev–Trinajstić information content (AvgIpc) is 3.65. The second kappa shape index (κ2) is 11.4. The predicted octanol–water partition coefficient (Wildman–Crippen LogP) is 4.02. The van der Waals surface area contributed by atoms with Gasteiger partial charge in [0.05, 0.1) is 11.2 Å². The molecule has 2 N–H and O–H groups in total. The van der Waals surface area contributed by atoms with Gasteiger partial charge in [-0.3, -0.25) is 9.59 Å². The Balaban J connectivity index is 0.00000103. The number of nitrogens with one attached hydrogen (secondary N) is 1. The Morgan fingerprint density at radius 2 is 1.98 bits per heavy atom. The SMILES string of the molecule is C=CC(=O)N1CC=C(c2ccc3ncnc(Nc4ccc(Oc5ccn6ncnc6c5)c(C)c4)c3n2)C1.O=CO. The van der Waals surface area contributed by atoms with Crippen LogP contribution in [0.4, 0.5) is 11.5 Å². The van der Waals surface area contributed by atoms with Gasteiger partial charge in [0.25, 0.3) is 6.47 Å². The van der Waals surface area contributed by atoms with Gasteiger partial charge < -0.3 is 20.1 Å². The average molecular weight is 537 g/mol. The Kier molecular flexibility index (Phi) is 7.40.